The Morgan fingerprint density at radius 3 is 1.07 bits per heavy atom. The van der Waals surface area contributed by atoms with E-state index in [-0.39, 0.29) is 38.6 Å². The van der Waals surface area contributed by atoms with Crippen molar-refractivity contribution in [2.45, 2.75) is 296 Å². The van der Waals surface area contributed by atoms with Gasteiger partial charge in [0.25, 0.3) is 0 Å². The molecule has 0 aromatic heterocycles. The van der Waals surface area contributed by atoms with E-state index in [4.69, 9.17) is 18.9 Å². The van der Waals surface area contributed by atoms with Crippen LogP contribution in [0.3, 0.4) is 0 Å². The van der Waals surface area contributed by atoms with Crippen LogP contribution in [0.2, 0.25) is 0 Å². The van der Waals surface area contributed by atoms with Gasteiger partial charge >= 0.3 is 11.9 Å². The highest BCUT2D eigenvalue weighted by Crippen LogP contribution is 2.17. The van der Waals surface area contributed by atoms with Gasteiger partial charge in [-0.2, -0.15) is 0 Å². The molecule has 0 aromatic rings. The van der Waals surface area contributed by atoms with Crippen molar-refractivity contribution in [2.75, 3.05) is 47.5 Å². The topological polar surface area (TPSA) is 111 Å². The number of unbranched alkanes of at least 4 members (excludes halogenated alkanes) is 30. The van der Waals surface area contributed by atoms with Crippen LogP contribution in [-0.4, -0.2) is 82.3 Å². The minimum atomic E-state index is -1.64. The van der Waals surface area contributed by atoms with E-state index >= 15 is 0 Å². The Hall–Kier alpha value is -3.79. The average molecular weight is 1130 g/mol. The van der Waals surface area contributed by atoms with E-state index < -0.39 is 24.3 Å². The molecule has 0 spiro atoms. The van der Waals surface area contributed by atoms with Crippen LogP contribution in [0.1, 0.15) is 284 Å². The Labute approximate surface area is 499 Å². The predicted molar refractivity (Wildman–Crippen MR) is 343 cm³/mol. The molecule has 0 amide bonds. The maximum atomic E-state index is 12.9. The maximum absolute atomic E-state index is 12.9. The number of aliphatic carboxylic acids is 1. The molecule has 0 saturated carbocycles. The van der Waals surface area contributed by atoms with Crippen LogP contribution in [0.4, 0.5) is 0 Å². The van der Waals surface area contributed by atoms with Crippen LogP contribution in [0, 0.1) is 0 Å². The Balaban J connectivity index is 4.11. The number of ether oxygens (including phenoxy) is 4. The number of likely N-dealkylation sites (N-methyl/N-ethyl adjacent to an activating group) is 1. The minimum absolute atomic E-state index is 0.136. The van der Waals surface area contributed by atoms with Crippen molar-refractivity contribution >= 4 is 17.9 Å². The van der Waals surface area contributed by atoms with E-state index in [1.54, 1.807) is 0 Å². The zero-order valence-electron chi connectivity index (χ0n) is 53.1. The highest BCUT2D eigenvalue weighted by atomic mass is 16.7. The molecule has 0 radical (unpaired) electrons. The lowest BCUT2D eigenvalue weighted by molar-refractivity contribution is -0.870. The second kappa shape index (κ2) is 62.3. The molecule has 0 N–H and O–H groups in total. The highest BCUT2D eigenvalue weighted by molar-refractivity contribution is 5.70. The van der Waals surface area contributed by atoms with Crippen molar-refractivity contribution in [3.05, 3.63) is 97.2 Å². The fourth-order valence-electron chi connectivity index (χ4n) is 9.22. The monoisotopic (exact) mass is 1130 g/mol. The molecule has 9 heteroatoms. The number of carboxylic acids is 1. The Morgan fingerprint density at radius 2 is 0.704 bits per heavy atom. The first-order valence-electron chi connectivity index (χ1n) is 33.4. The molecular weight excluding hydrogens is 1010 g/mol. The molecule has 0 fully saturated rings. The molecule has 2 atom stereocenters. The molecule has 0 aromatic carbocycles. The van der Waals surface area contributed by atoms with Gasteiger partial charge in [0.05, 0.1) is 40.3 Å². The van der Waals surface area contributed by atoms with Gasteiger partial charge in [-0.15, -0.1) is 0 Å². The number of carbonyl (C=O) groups is 3. The average Bonchev–Trinajstić information content (AvgIpc) is 3.44. The van der Waals surface area contributed by atoms with Gasteiger partial charge in [0.1, 0.15) is 13.2 Å². The molecule has 0 aliphatic heterocycles. The van der Waals surface area contributed by atoms with E-state index in [0.717, 1.165) is 77.0 Å². The Morgan fingerprint density at radius 1 is 0.383 bits per heavy atom. The van der Waals surface area contributed by atoms with Crippen LogP contribution in [-0.2, 0) is 33.3 Å². The minimum Gasteiger partial charge on any atom is -0.545 e. The number of allylic oxidation sites excluding steroid dienone is 16. The van der Waals surface area contributed by atoms with Gasteiger partial charge in [0.15, 0.2) is 12.4 Å². The predicted octanol–water partition coefficient (Wildman–Crippen LogP) is 19.1. The van der Waals surface area contributed by atoms with E-state index in [1.165, 1.54) is 173 Å². The maximum Gasteiger partial charge on any atom is 0.306 e. The number of hydrogen-bond acceptors (Lipinski definition) is 8. The van der Waals surface area contributed by atoms with Crippen LogP contribution in [0.25, 0.3) is 0 Å². The molecule has 0 bridgehead atoms. The van der Waals surface area contributed by atoms with Crippen molar-refractivity contribution in [3.8, 4) is 0 Å². The number of rotatable bonds is 61. The lowest BCUT2D eigenvalue weighted by Crippen LogP contribution is -2.44. The van der Waals surface area contributed by atoms with Gasteiger partial charge in [0.2, 0.25) is 0 Å². The largest absolute Gasteiger partial charge is 0.545 e. The highest BCUT2D eigenvalue weighted by Gasteiger charge is 2.22. The van der Waals surface area contributed by atoms with Gasteiger partial charge in [-0.1, -0.05) is 272 Å². The first kappa shape index (κ1) is 77.2. The number of esters is 2. The van der Waals surface area contributed by atoms with Crippen LogP contribution >= 0.6 is 0 Å². The standard InChI is InChI=1S/C72H125NO8/c1-6-8-10-12-14-16-18-20-22-24-26-28-29-30-31-32-33-34-35-36-37-38-39-40-41-43-44-46-48-50-52-54-56-58-60-62-69(74)79-66-68(67-80-72(71(76)77)78-65-64-73(3,4)5)81-70(75)63-61-59-57-55-53-51-49-47-45-42-27-25-23-21-19-17-15-13-11-9-7-2/h9,11,15,17-18,20-21,23-24,26-27,42,47,49,53,55,68,72H,6-8,10,12-14,16,19,22,25,28-41,43-46,48,50-52,54,56-67H2,1-5H3/b11-9-,17-15-,20-18-,23-21-,26-24-,42-27-,49-47-,55-53-. The Kier molecular flexibility index (Phi) is 59.3. The van der Waals surface area contributed by atoms with E-state index in [9.17, 15) is 19.5 Å². The second-order valence-corrected chi connectivity index (χ2v) is 23.4. The van der Waals surface area contributed by atoms with Crippen LogP contribution < -0.4 is 5.11 Å². The first-order chi connectivity index (χ1) is 39.6. The van der Waals surface area contributed by atoms with Gasteiger partial charge in [0, 0.05) is 12.8 Å². The van der Waals surface area contributed by atoms with Gasteiger partial charge in [-0.25, -0.2) is 0 Å². The summed E-state index contributed by atoms with van der Waals surface area (Å²) in [5.41, 5.74) is 0. The lowest BCUT2D eigenvalue weighted by Gasteiger charge is -2.26. The lowest BCUT2D eigenvalue weighted by atomic mass is 10.0. The molecular formula is C72H125NO8. The van der Waals surface area contributed by atoms with Crippen LogP contribution in [0.15, 0.2) is 97.2 Å². The fourth-order valence-corrected chi connectivity index (χ4v) is 9.22. The first-order valence-corrected chi connectivity index (χ1v) is 33.4. The zero-order valence-corrected chi connectivity index (χ0v) is 53.1. The third kappa shape index (κ3) is 63.6. The molecule has 9 nitrogen and oxygen atoms in total. The second-order valence-electron chi connectivity index (χ2n) is 23.4. The van der Waals surface area contributed by atoms with Crippen molar-refractivity contribution in [1.82, 2.24) is 0 Å². The number of carbonyl (C=O) groups excluding carboxylic acids is 3. The van der Waals surface area contributed by atoms with Crippen LogP contribution in [0.5, 0.6) is 0 Å². The SMILES string of the molecule is CC/C=C\C/C=C\C/C=C\C/C=C\C/C=C\C/C=C\CCCCC(=O)OC(COC(=O)CCCCCCCCCCCCCCCCCCCCCCCCC/C=C\C/C=C\CCCCCCC)COC(OCC[N+](C)(C)C)C(=O)[O-]. The molecule has 0 rings (SSSR count). The summed E-state index contributed by atoms with van der Waals surface area (Å²) in [5, 5.41) is 11.8. The zero-order chi connectivity index (χ0) is 59.1. The summed E-state index contributed by atoms with van der Waals surface area (Å²) in [6.45, 7) is 4.59. The quantitative estimate of drug-likeness (QED) is 0.0195. The molecule has 0 aliphatic rings. The number of quaternary nitrogens is 1. The van der Waals surface area contributed by atoms with E-state index in [1.807, 2.05) is 21.1 Å². The molecule has 466 valence electrons. The summed E-state index contributed by atoms with van der Waals surface area (Å²) in [6, 6.07) is 0. The fraction of sp³-hybridized carbons (Fsp3) is 0.736. The smallest absolute Gasteiger partial charge is 0.306 e. The molecule has 81 heavy (non-hydrogen) atoms. The molecule has 2 unspecified atom stereocenters. The van der Waals surface area contributed by atoms with Crippen molar-refractivity contribution in [2.24, 2.45) is 0 Å². The van der Waals surface area contributed by atoms with E-state index in [0.29, 0.717) is 17.4 Å². The normalized spacial score (nSPS) is 13.3. The van der Waals surface area contributed by atoms with Crippen molar-refractivity contribution in [3.63, 3.8) is 0 Å². The van der Waals surface area contributed by atoms with Crippen molar-refractivity contribution in [1.29, 1.82) is 0 Å². The molecule has 0 heterocycles. The summed E-state index contributed by atoms with van der Waals surface area (Å²) in [6.07, 6.45) is 82.1. The van der Waals surface area contributed by atoms with E-state index in [2.05, 4.69) is 111 Å². The third-order valence-corrected chi connectivity index (χ3v) is 14.3. The number of hydrogen-bond donors (Lipinski definition) is 0. The summed E-state index contributed by atoms with van der Waals surface area (Å²) >= 11 is 0. The molecule has 0 saturated heterocycles. The van der Waals surface area contributed by atoms with Crippen molar-refractivity contribution < 1.29 is 42.9 Å². The Bertz CT molecular complexity index is 1650. The molecule has 0 aliphatic carbocycles. The summed E-state index contributed by atoms with van der Waals surface area (Å²) in [5.74, 6) is -2.34. The summed E-state index contributed by atoms with van der Waals surface area (Å²) < 4.78 is 22.7. The number of carboxylic acid groups (broad SMARTS) is 1. The van der Waals surface area contributed by atoms with Gasteiger partial charge in [-0.05, 0) is 96.3 Å². The summed E-state index contributed by atoms with van der Waals surface area (Å²) in [7, 11) is 5.91. The van der Waals surface area contributed by atoms with Gasteiger partial charge < -0.3 is 33.3 Å². The van der Waals surface area contributed by atoms with Gasteiger partial charge in [-0.3, -0.25) is 9.59 Å². The number of nitrogens with zero attached hydrogens (tertiary/aromatic N) is 1. The third-order valence-electron chi connectivity index (χ3n) is 14.3. The summed E-state index contributed by atoms with van der Waals surface area (Å²) in [4.78, 5) is 37.4.